The molecule has 1 aromatic carbocycles. The second-order valence-corrected chi connectivity index (χ2v) is 4.60. The molecule has 1 aromatic rings. The molecule has 5 heteroatoms. The van der Waals surface area contributed by atoms with E-state index < -0.39 is 4.92 Å². The van der Waals surface area contributed by atoms with Crippen molar-refractivity contribution in [3.8, 4) is 0 Å². The van der Waals surface area contributed by atoms with Crippen LogP contribution in [0.3, 0.4) is 0 Å². The molecule has 1 rings (SSSR count). The SMILES string of the molecule is CC=C=CC(C)(C)C=NNc1ccc([N+](=O)[O-])cc1. The summed E-state index contributed by atoms with van der Waals surface area (Å²) in [6, 6.07) is 6.10. The minimum absolute atomic E-state index is 0.0610. The average Bonchev–Trinajstić information content (AvgIpc) is 2.37. The number of nitrogens with one attached hydrogen (secondary N) is 1. The monoisotopic (exact) mass is 259 g/mol. The van der Waals surface area contributed by atoms with Gasteiger partial charge < -0.3 is 0 Å². The third-order valence-corrected chi connectivity index (χ3v) is 2.29. The van der Waals surface area contributed by atoms with Gasteiger partial charge in [0, 0.05) is 23.8 Å². The van der Waals surface area contributed by atoms with E-state index in [1.54, 1.807) is 18.3 Å². The molecule has 0 aliphatic carbocycles. The number of nitrogens with zero attached hydrogens (tertiary/aromatic N) is 2. The van der Waals surface area contributed by atoms with Crippen molar-refractivity contribution in [2.24, 2.45) is 10.5 Å². The Morgan fingerprint density at radius 3 is 2.53 bits per heavy atom. The van der Waals surface area contributed by atoms with Crippen LogP contribution in [0.2, 0.25) is 0 Å². The fourth-order valence-electron chi connectivity index (χ4n) is 1.27. The van der Waals surface area contributed by atoms with Crippen LogP contribution in [0.4, 0.5) is 11.4 Å². The maximum Gasteiger partial charge on any atom is 0.269 e. The van der Waals surface area contributed by atoms with Gasteiger partial charge in [0.15, 0.2) is 0 Å². The Bertz CT molecular complexity index is 524. The van der Waals surface area contributed by atoms with Gasteiger partial charge in [-0.1, -0.05) is 13.8 Å². The second kappa shape index (κ2) is 6.52. The highest BCUT2D eigenvalue weighted by Crippen LogP contribution is 2.16. The number of nitro groups is 1. The third kappa shape index (κ3) is 5.19. The van der Waals surface area contributed by atoms with Gasteiger partial charge in [-0.3, -0.25) is 15.5 Å². The van der Waals surface area contributed by atoms with Crippen LogP contribution in [0, 0.1) is 15.5 Å². The molecule has 100 valence electrons. The van der Waals surface area contributed by atoms with E-state index in [4.69, 9.17) is 0 Å². The standard InChI is InChI=1S/C14H17N3O2/c1-4-5-10-14(2,3)11-15-16-12-6-8-13(9-7-12)17(18)19/h4,6-11,16H,1-3H3. The van der Waals surface area contributed by atoms with Crippen LogP contribution in [0.5, 0.6) is 0 Å². The Morgan fingerprint density at radius 1 is 1.37 bits per heavy atom. The summed E-state index contributed by atoms with van der Waals surface area (Å²) in [4.78, 5) is 10.1. The summed E-state index contributed by atoms with van der Waals surface area (Å²) >= 11 is 0. The molecule has 0 bridgehead atoms. The summed E-state index contributed by atoms with van der Waals surface area (Å²) in [5.41, 5.74) is 6.40. The molecule has 0 spiro atoms. The first-order valence-corrected chi connectivity index (χ1v) is 5.87. The molecule has 0 fully saturated rings. The molecule has 0 saturated carbocycles. The molecular weight excluding hydrogens is 242 g/mol. The van der Waals surface area contributed by atoms with Crippen LogP contribution >= 0.6 is 0 Å². The minimum atomic E-state index is -0.433. The number of hydrazone groups is 1. The second-order valence-electron chi connectivity index (χ2n) is 4.60. The van der Waals surface area contributed by atoms with E-state index in [0.29, 0.717) is 5.69 Å². The zero-order chi connectivity index (χ0) is 14.3. The van der Waals surface area contributed by atoms with Gasteiger partial charge in [0.1, 0.15) is 0 Å². The zero-order valence-corrected chi connectivity index (χ0v) is 11.3. The molecule has 19 heavy (non-hydrogen) atoms. The predicted molar refractivity (Wildman–Crippen MR) is 77.3 cm³/mol. The number of nitro benzene ring substituents is 1. The van der Waals surface area contributed by atoms with Gasteiger partial charge in [-0.05, 0) is 31.2 Å². The molecule has 0 saturated heterocycles. The first-order chi connectivity index (χ1) is 8.94. The lowest BCUT2D eigenvalue weighted by atomic mass is 9.96. The van der Waals surface area contributed by atoms with Gasteiger partial charge in [-0.15, -0.1) is 5.73 Å². The van der Waals surface area contributed by atoms with Crippen molar-refractivity contribution in [3.05, 3.63) is 52.3 Å². The Kier molecular flexibility index (Phi) is 5.03. The maximum atomic E-state index is 10.5. The van der Waals surface area contributed by atoms with Crippen LogP contribution in [-0.2, 0) is 0 Å². The van der Waals surface area contributed by atoms with Crippen LogP contribution in [0.1, 0.15) is 20.8 Å². The highest BCUT2D eigenvalue weighted by atomic mass is 16.6. The molecule has 0 radical (unpaired) electrons. The number of non-ortho nitro benzene ring substituents is 1. The van der Waals surface area contributed by atoms with Crippen molar-refractivity contribution in [1.29, 1.82) is 0 Å². The van der Waals surface area contributed by atoms with E-state index in [0.717, 1.165) is 0 Å². The molecule has 1 N–H and O–H groups in total. The molecular formula is C14H17N3O2. The van der Waals surface area contributed by atoms with Crippen LogP contribution in [-0.4, -0.2) is 11.1 Å². The largest absolute Gasteiger partial charge is 0.279 e. The van der Waals surface area contributed by atoms with Gasteiger partial charge in [-0.2, -0.15) is 5.10 Å². The van der Waals surface area contributed by atoms with Crippen LogP contribution < -0.4 is 5.43 Å². The zero-order valence-electron chi connectivity index (χ0n) is 11.3. The Labute approximate surface area is 112 Å². The maximum absolute atomic E-state index is 10.5. The van der Waals surface area contributed by atoms with Gasteiger partial charge in [0.25, 0.3) is 5.69 Å². The predicted octanol–water partition coefficient (Wildman–Crippen LogP) is 3.75. The lowest BCUT2D eigenvalue weighted by Gasteiger charge is -2.11. The number of benzene rings is 1. The Balaban J connectivity index is 2.66. The summed E-state index contributed by atoms with van der Waals surface area (Å²) in [6.07, 6.45) is 5.50. The van der Waals surface area contributed by atoms with E-state index >= 15 is 0 Å². The van der Waals surface area contributed by atoms with E-state index in [1.165, 1.54) is 12.1 Å². The number of allylic oxidation sites excluding steroid dienone is 1. The smallest absolute Gasteiger partial charge is 0.269 e. The van der Waals surface area contributed by atoms with Gasteiger partial charge in [0.05, 0.1) is 10.6 Å². The number of anilines is 1. The molecule has 5 nitrogen and oxygen atoms in total. The van der Waals surface area contributed by atoms with Crippen molar-refractivity contribution in [2.45, 2.75) is 20.8 Å². The molecule has 0 atom stereocenters. The van der Waals surface area contributed by atoms with Crippen LogP contribution in [0.15, 0.2) is 47.3 Å². The normalized spacial score (nSPS) is 10.9. The Hall–Kier alpha value is -2.39. The van der Waals surface area contributed by atoms with Crippen molar-refractivity contribution in [2.75, 3.05) is 5.43 Å². The number of hydrogen-bond acceptors (Lipinski definition) is 4. The minimum Gasteiger partial charge on any atom is -0.279 e. The van der Waals surface area contributed by atoms with Gasteiger partial charge >= 0.3 is 0 Å². The molecule has 0 heterocycles. The lowest BCUT2D eigenvalue weighted by molar-refractivity contribution is -0.384. The summed E-state index contributed by atoms with van der Waals surface area (Å²) < 4.78 is 0. The number of rotatable bonds is 5. The molecule has 0 aliphatic rings. The van der Waals surface area contributed by atoms with Crippen molar-refractivity contribution in [1.82, 2.24) is 0 Å². The van der Waals surface area contributed by atoms with E-state index in [1.807, 2.05) is 32.9 Å². The lowest BCUT2D eigenvalue weighted by Crippen LogP contribution is -2.09. The summed E-state index contributed by atoms with van der Waals surface area (Å²) in [6.45, 7) is 5.91. The van der Waals surface area contributed by atoms with E-state index in [2.05, 4.69) is 16.3 Å². The summed E-state index contributed by atoms with van der Waals surface area (Å²) in [7, 11) is 0. The summed E-state index contributed by atoms with van der Waals surface area (Å²) in [5.74, 6) is 0. The van der Waals surface area contributed by atoms with Crippen LogP contribution in [0.25, 0.3) is 0 Å². The molecule has 0 aromatic heterocycles. The summed E-state index contributed by atoms with van der Waals surface area (Å²) in [5, 5.41) is 14.6. The Morgan fingerprint density at radius 2 is 2.00 bits per heavy atom. The topological polar surface area (TPSA) is 67.5 Å². The first kappa shape index (κ1) is 14.7. The fourth-order valence-corrected chi connectivity index (χ4v) is 1.27. The van der Waals surface area contributed by atoms with Gasteiger partial charge in [0.2, 0.25) is 0 Å². The number of hydrogen-bond donors (Lipinski definition) is 1. The highest BCUT2D eigenvalue weighted by Gasteiger charge is 2.09. The van der Waals surface area contributed by atoms with Crippen molar-refractivity contribution >= 4 is 17.6 Å². The third-order valence-electron chi connectivity index (χ3n) is 2.29. The fraction of sp³-hybridized carbons (Fsp3) is 0.286. The van der Waals surface area contributed by atoms with E-state index in [9.17, 15) is 10.1 Å². The molecule has 0 amide bonds. The highest BCUT2D eigenvalue weighted by molar-refractivity contribution is 5.68. The van der Waals surface area contributed by atoms with Crippen molar-refractivity contribution < 1.29 is 4.92 Å². The van der Waals surface area contributed by atoms with Gasteiger partial charge in [-0.25, -0.2) is 0 Å². The average molecular weight is 259 g/mol. The molecule has 0 unspecified atom stereocenters. The molecule has 0 aliphatic heterocycles. The quantitative estimate of drug-likeness (QED) is 0.379. The van der Waals surface area contributed by atoms with Crippen molar-refractivity contribution in [3.63, 3.8) is 0 Å². The van der Waals surface area contributed by atoms with E-state index in [-0.39, 0.29) is 11.1 Å². The first-order valence-electron chi connectivity index (χ1n) is 5.87.